The molecule has 0 unspecified atom stereocenters. The Bertz CT molecular complexity index is 625. The Morgan fingerprint density at radius 1 is 1.48 bits per heavy atom. The van der Waals surface area contributed by atoms with Crippen LogP contribution in [-0.2, 0) is 14.9 Å². The molecule has 23 heavy (non-hydrogen) atoms. The molecular weight excluding hydrogens is 290 g/mol. The van der Waals surface area contributed by atoms with Crippen LogP contribution < -0.4 is 5.32 Å². The van der Waals surface area contributed by atoms with Gasteiger partial charge < -0.3 is 15.1 Å². The quantitative estimate of drug-likeness (QED) is 0.527. The van der Waals surface area contributed by atoms with Crippen LogP contribution >= 0.6 is 0 Å². The molecule has 0 fully saturated rings. The first-order chi connectivity index (χ1) is 10.8. The van der Waals surface area contributed by atoms with Crippen LogP contribution in [0.2, 0.25) is 0 Å². The van der Waals surface area contributed by atoms with Gasteiger partial charge >= 0.3 is 5.97 Å². The summed E-state index contributed by atoms with van der Waals surface area (Å²) in [4.78, 5) is 12.3. The van der Waals surface area contributed by atoms with Gasteiger partial charge in [-0.15, -0.1) is 0 Å². The number of carbonyl (C=O) groups excluding carboxylic acids is 1. The topological polar surface area (TPSA) is 53.9 Å². The van der Waals surface area contributed by atoms with Gasteiger partial charge in [0, 0.05) is 31.4 Å². The van der Waals surface area contributed by atoms with Crippen molar-refractivity contribution in [1.29, 1.82) is 0 Å². The number of rotatable bonds is 4. The molecule has 0 aromatic heterocycles. The number of esters is 1. The lowest BCUT2D eigenvalue weighted by Gasteiger charge is -2.39. The number of nitrogens with zero attached hydrogens (tertiary/aromatic N) is 2. The highest BCUT2D eigenvalue weighted by Crippen LogP contribution is 2.41. The second-order valence-corrected chi connectivity index (χ2v) is 6.67. The van der Waals surface area contributed by atoms with Gasteiger partial charge in [-0.25, -0.2) is 4.79 Å². The second kappa shape index (κ2) is 6.60. The molecule has 0 saturated heterocycles. The van der Waals surface area contributed by atoms with E-state index in [1.165, 1.54) is 16.7 Å². The van der Waals surface area contributed by atoms with Gasteiger partial charge in [0.2, 0.25) is 0 Å². The fourth-order valence-corrected chi connectivity index (χ4v) is 3.35. The molecule has 0 aliphatic carbocycles. The van der Waals surface area contributed by atoms with Gasteiger partial charge in [-0.2, -0.15) is 5.10 Å². The van der Waals surface area contributed by atoms with Crippen molar-refractivity contribution in [2.24, 2.45) is 5.10 Å². The van der Waals surface area contributed by atoms with Gasteiger partial charge in [0.25, 0.3) is 0 Å². The van der Waals surface area contributed by atoms with E-state index in [9.17, 15) is 4.79 Å². The van der Waals surface area contributed by atoms with Crippen molar-refractivity contribution in [2.45, 2.75) is 45.6 Å². The number of aryl methyl sites for hydroxylation is 2. The Kier molecular flexibility index (Phi) is 4.97. The zero-order chi connectivity index (χ0) is 17.2. The van der Waals surface area contributed by atoms with Crippen molar-refractivity contribution in [3.05, 3.63) is 28.8 Å². The molecule has 0 amide bonds. The number of benzene rings is 1. The van der Waals surface area contributed by atoms with E-state index >= 15 is 0 Å². The number of ether oxygens (including phenoxy) is 1. The smallest absolute Gasteiger partial charge is 0.328 e. The molecule has 1 aliphatic heterocycles. The average molecular weight is 317 g/mol. The Morgan fingerprint density at radius 2 is 2.17 bits per heavy atom. The van der Waals surface area contributed by atoms with Crippen molar-refractivity contribution in [3.8, 4) is 0 Å². The van der Waals surface area contributed by atoms with E-state index in [0.717, 1.165) is 5.69 Å². The van der Waals surface area contributed by atoms with Gasteiger partial charge in [-0.1, -0.05) is 13.0 Å². The minimum absolute atomic E-state index is 0.207. The van der Waals surface area contributed by atoms with Gasteiger partial charge in [0.1, 0.15) is 6.04 Å². The number of carbonyl (C=O) groups is 1. The second-order valence-electron chi connectivity index (χ2n) is 6.67. The van der Waals surface area contributed by atoms with Crippen LogP contribution in [-0.4, -0.2) is 43.9 Å². The molecule has 2 rings (SSSR count). The number of nitrogens with one attached hydrogen (secondary N) is 1. The minimum atomic E-state index is -0.359. The standard InChI is InChI=1S/C18H27N3O2/c1-7-23-17(22)15-10-18(4,11-19-21(5)6)16-13(3)8-12(2)9-14(16)20-15/h8-9,11,15,20H,7,10H2,1-6H3/b19-11-/t15-,18+/m1/s1. The van der Waals surface area contributed by atoms with Gasteiger partial charge in [-0.05, 0) is 49.9 Å². The van der Waals surface area contributed by atoms with E-state index in [4.69, 9.17) is 4.74 Å². The highest BCUT2D eigenvalue weighted by Gasteiger charge is 2.40. The Hall–Kier alpha value is -2.04. The fraction of sp³-hybridized carbons (Fsp3) is 0.556. The number of hydrogen-bond acceptors (Lipinski definition) is 5. The van der Waals surface area contributed by atoms with Gasteiger partial charge in [0.05, 0.1) is 6.61 Å². The summed E-state index contributed by atoms with van der Waals surface area (Å²) < 4.78 is 5.22. The molecule has 1 N–H and O–H groups in total. The molecule has 1 heterocycles. The first-order valence-corrected chi connectivity index (χ1v) is 8.04. The van der Waals surface area contributed by atoms with Crippen LogP contribution in [0.5, 0.6) is 0 Å². The molecule has 1 aromatic rings. The van der Waals surface area contributed by atoms with Crippen molar-refractivity contribution in [3.63, 3.8) is 0 Å². The lowest BCUT2D eigenvalue weighted by atomic mass is 9.72. The summed E-state index contributed by atoms with van der Waals surface area (Å²) in [7, 11) is 3.79. The minimum Gasteiger partial charge on any atom is -0.464 e. The van der Waals surface area contributed by atoms with Crippen LogP contribution in [0.1, 0.15) is 37.0 Å². The third kappa shape index (κ3) is 3.66. The summed E-state index contributed by atoms with van der Waals surface area (Å²) in [5.41, 5.74) is 4.27. The highest BCUT2D eigenvalue weighted by atomic mass is 16.5. The van der Waals surface area contributed by atoms with Gasteiger partial charge in [0.15, 0.2) is 0 Å². The molecule has 0 radical (unpaired) electrons. The first-order valence-electron chi connectivity index (χ1n) is 8.04. The molecule has 0 saturated carbocycles. The zero-order valence-corrected chi connectivity index (χ0v) is 14.9. The van der Waals surface area contributed by atoms with E-state index in [1.54, 1.807) is 5.01 Å². The molecular formula is C18H27N3O2. The lowest BCUT2D eigenvalue weighted by molar-refractivity contribution is -0.144. The number of fused-ring (bicyclic) bond motifs is 1. The maximum absolute atomic E-state index is 12.3. The molecule has 1 aliphatic rings. The average Bonchev–Trinajstić information content (AvgIpc) is 2.44. The third-order valence-electron chi connectivity index (χ3n) is 4.15. The molecule has 5 heteroatoms. The number of hydrogen-bond donors (Lipinski definition) is 1. The normalized spacial score (nSPS) is 23.3. The van der Waals surface area contributed by atoms with E-state index in [0.29, 0.717) is 13.0 Å². The maximum atomic E-state index is 12.3. The van der Waals surface area contributed by atoms with Crippen LogP contribution in [0.15, 0.2) is 17.2 Å². The number of hydrazone groups is 1. The molecule has 5 nitrogen and oxygen atoms in total. The van der Waals surface area contributed by atoms with E-state index in [-0.39, 0.29) is 17.4 Å². The Balaban J connectivity index is 2.50. The summed E-state index contributed by atoms with van der Waals surface area (Å²) in [6, 6.07) is 3.91. The van der Waals surface area contributed by atoms with E-state index in [1.807, 2.05) is 27.2 Å². The van der Waals surface area contributed by atoms with Crippen LogP contribution in [0, 0.1) is 13.8 Å². The van der Waals surface area contributed by atoms with Crippen molar-refractivity contribution >= 4 is 17.9 Å². The van der Waals surface area contributed by atoms with Crippen molar-refractivity contribution < 1.29 is 9.53 Å². The van der Waals surface area contributed by atoms with E-state index < -0.39 is 0 Å². The Labute approximate surface area is 138 Å². The highest BCUT2D eigenvalue weighted by molar-refractivity contribution is 5.87. The SMILES string of the molecule is CCOC(=O)[C@H]1C[C@@](C)(/C=N\N(C)C)c2c(C)cc(C)cc2N1. The largest absolute Gasteiger partial charge is 0.464 e. The molecule has 0 spiro atoms. The Morgan fingerprint density at radius 3 is 2.78 bits per heavy atom. The maximum Gasteiger partial charge on any atom is 0.328 e. The predicted molar refractivity (Wildman–Crippen MR) is 94.1 cm³/mol. The summed E-state index contributed by atoms with van der Waals surface area (Å²) in [5, 5.41) is 9.58. The predicted octanol–water partition coefficient (Wildman–Crippen LogP) is 2.86. The summed E-state index contributed by atoms with van der Waals surface area (Å²) in [6.45, 7) is 8.53. The number of anilines is 1. The van der Waals surface area contributed by atoms with Gasteiger partial charge in [-0.3, -0.25) is 0 Å². The first kappa shape index (κ1) is 17.3. The summed E-state index contributed by atoms with van der Waals surface area (Å²) >= 11 is 0. The van der Waals surface area contributed by atoms with Crippen LogP contribution in [0.25, 0.3) is 0 Å². The van der Waals surface area contributed by atoms with Crippen LogP contribution in [0.4, 0.5) is 5.69 Å². The zero-order valence-electron chi connectivity index (χ0n) is 14.9. The molecule has 2 atom stereocenters. The third-order valence-corrected chi connectivity index (χ3v) is 4.15. The molecule has 0 bridgehead atoms. The van der Waals surface area contributed by atoms with Crippen molar-refractivity contribution in [1.82, 2.24) is 5.01 Å². The van der Waals surface area contributed by atoms with E-state index in [2.05, 4.69) is 43.3 Å². The fourth-order valence-electron chi connectivity index (χ4n) is 3.35. The molecule has 126 valence electrons. The molecule has 1 aromatic carbocycles. The summed E-state index contributed by atoms with van der Waals surface area (Å²) in [5.74, 6) is -0.207. The summed E-state index contributed by atoms with van der Waals surface area (Å²) in [6.07, 6.45) is 2.57. The van der Waals surface area contributed by atoms with Crippen LogP contribution in [0.3, 0.4) is 0 Å². The lowest BCUT2D eigenvalue weighted by Crippen LogP contribution is -2.44. The van der Waals surface area contributed by atoms with Crippen molar-refractivity contribution in [2.75, 3.05) is 26.0 Å². The monoisotopic (exact) mass is 317 g/mol.